The second-order valence-electron chi connectivity index (χ2n) is 6.81. The van der Waals surface area contributed by atoms with Gasteiger partial charge in [0.05, 0.1) is 12.5 Å². The summed E-state index contributed by atoms with van der Waals surface area (Å²) in [4.78, 5) is 23.7. The van der Waals surface area contributed by atoms with Gasteiger partial charge in [0.1, 0.15) is 6.10 Å². The molecule has 0 radical (unpaired) electrons. The highest BCUT2D eigenvalue weighted by atomic mass is 16.6. The Morgan fingerprint density at radius 1 is 1.45 bits per heavy atom. The van der Waals surface area contributed by atoms with E-state index >= 15 is 0 Å². The van der Waals surface area contributed by atoms with Gasteiger partial charge in [0.25, 0.3) is 5.56 Å². The minimum Gasteiger partial charge on any atom is -0.461 e. The number of aryl methyl sites for hydroxylation is 1. The molecular formula is C17H23NO4. The Hall–Kier alpha value is -1.62. The number of fused-ring (bicyclic) bond motifs is 1. The third-order valence-corrected chi connectivity index (χ3v) is 4.94. The van der Waals surface area contributed by atoms with E-state index in [1.807, 2.05) is 0 Å². The second-order valence-corrected chi connectivity index (χ2v) is 6.81. The fourth-order valence-corrected chi connectivity index (χ4v) is 3.77. The average molecular weight is 305 g/mol. The maximum absolute atomic E-state index is 12.1. The quantitative estimate of drug-likeness (QED) is 0.798. The molecule has 3 atom stereocenters. The first-order chi connectivity index (χ1) is 10.5. The fourth-order valence-electron chi connectivity index (χ4n) is 3.77. The highest BCUT2D eigenvalue weighted by Crippen LogP contribution is 2.52. The summed E-state index contributed by atoms with van der Waals surface area (Å²) in [7, 11) is 0. The predicted molar refractivity (Wildman–Crippen MR) is 81.4 cm³/mol. The van der Waals surface area contributed by atoms with Crippen LogP contribution >= 0.6 is 0 Å². The van der Waals surface area contributed by atoms with Gasteiger partial charge in [-0.05, 0) is 18.9 Å². The van der Waals surface area contributed by atoms with E-state index in [0.29, 0.717) is 12.5 Å². The molecule has 2 fully saturated rings. The molecule has 22 heavy (non-hydrogen) atoms. The van der Waals surface area contributed by atoms with Gasteiger partial charge in [-0.2, -0.15) is 0 Å². The minimum absolute atomic E-state index is 0.0715. The van der Waals surface area contributed by atoms with E-state index in [2.05, 4.69) is 13.8 Å². The van der Waals surface area contributed by atoms with Crippen LogP contribution in [0.3, 0.4) is 0 Å². The number of carbonyl (C=O) groups excluding carboxylic acids is 1. The molecule has 3 rings (SSSR count). The molecule has 120 valence electrons. The molecule has 0 spiro atoms. The van der Waals surface area contributed by atoms with E-state index in [9.17, 15) is 9.59 Å². The lowest BCUT2D eigenvalue weighted by Gasteiger charge is -2.58. The van der Waals surface area contributed by atoms with Crippen LogP contribution < -0.4 is 5.56 Å². The van der Waals surface area contributed by atoms with E-state index in [1.165, 1.54) is 10.6 Å². The molecule has 1 saturated carbocycles. The molecule has 0 aromatic carbocycles. The van der Waals surface area contributed by atoms with Crippen molar-refractivity contribution in [3.8, 4) is 0 Å². The van der Waals surface area contributed by atoms with E-state index < -0.39 is 0 Å². The van der Waals surface area contributed by atoms with Gasteiger partial charge in [0.2, 0.25) is 0 Å². The zero-order chi connectivity index (χ0) is 15.7. The number of ether oxygens (including phenoxy) is 2. The van der Waals surface area contributed by atoms with Crippen molar-refractivity contribution in [1.82, 2.24) is 4.57 Å². The minimum atomic E-state index is -0.238. The van der Waals surface area contributed by atoms with Crippen LogP contribution in [0.4, 0.5) is 0 Å². The largest absolute Gasteiger partial charge is 0.461 e. The van der Waals surface area contributed by atoms with Crippen molar-refractivity contribution < 1.29 is 14.3 Å². The zero-order valence-electron chi connectivity index (χ0n) is 13.2. The normalized spacial score (nSPS) is 29.3. The van der Waals surface area contributed by atoms with Crippen molar-refractivity contribution >= 4 is 5.97 Å². The summed E-state index contributed by atoms with van der Waals surface area (Å²) in [6.07, 6.45) is 4.13. The molecule has 1 aliphatic carbocycles. The lowest BCUT2D eigenvalue weighted by atomic mass is 9.57. The summed E-state index contributed by atoms with van der Waals surface area (Å²) in [5, 5.41) is 0. The SMILES string of the molecule is CC1(C)[C@@H]2OCCC[C@@H]2[C@H]1OC(=O)CCn1ccccc1=O. The van der Waals surface area contributed by atoms with Crippen LogP contribution in [0.15, 0.2) is 29.2 Å². The molecule has 1 saturated heterocycles. The van der Waals surface area contributed by atoms with Gasteiger partial charge in [0, 0.05) is 36.7 Å². The Labute approximate surface area is 130 Å². The van der Waals surface area contributed by atoms with Gasteiger partial charge in [-0.3, -0.25) is 9.59 Å². The molecular weight excluding hydrogens is 282 g/mol. The van der Waals surface area contributed by atoms with Gasteiger partial charge in [0.15, 0.2) is 0 Å². The molecule has 0 N–H and O–H groups in total. The standard InChI is InChI=1S/C17H23NO4/c1-17(2)15-12(6-5-11-21-15)16(17)22-14(20)8-10-18-9-4-3-7-13(18)19/h3-4,7,9,12,15-16H,5-6,8,10-11H2,1-2H3/t12-,15+,16+/m0/s1. The second kappa shape index (κ2) is 5.88. The molecule has 0 unspecified atom stereocenters. The summed E-state index contributed by atoms with van der Waals surface area (Å²) in [5.74, 6) is 0.0880. The molecule has 5 nitrogen and oxygen atoms in total. The summed E-state index contributed by atoms with van der Waals surface area (Å²) in [5.41, 5.74) is -0.218. The Morgan fingerprint density at radius 3 is 3.05 bits per heavy atom. The third kappa shape index (κ3) is 2.70. The Balaban J connectivity index is 1.56. The van der Waals surface area contributed by atoms with Crippen molar-refractivity contribution in [2.24, 2.45) is 11.3 Å². The number of hydrogen-bond acceptors (Lipinski definition) is 4. The molecule has 1 aromatic heterocycles. The smallest absolute Gasteiger partial charge is 0.307 e. The summed E-state index contributed by atoms with van der Waals surface area (Å²) in [6.45, 7) is 5.36. The molecule has 2 aliphatic rings. The maximum Gasteiger partial charge on any atom is 0.307 e. The number of carbonyl (C=O) groups is 1. The first kappa shape index (κ1) is 15.3. The maximum atomic E-state index is 12.1. The Morgan fingerprint density at radius 2 is 2.27 bits per heavy atom. The molecule has 2 heterocycles. The van der Waals surface area contributed by atoms with Crippen LogP contribution in [-0.2, 0) is 20.8 Å². The third-order valence-electron chi connectivity index (χ3n) is 4.94. The lowest BCUT2D eigenvalue weighted by Crippen LogP contribution is -2.65. The van der Waals surface area contributed by atoms with Crippen LogP contribution in [-0.4, -0.2) is 29.4 Å². The van der Waals surface area contributed by atoms with E-state index in [0.717, 1.165) is 19.4 Å². The summed E-state index contributed by atoms with van der Waals surface area (Å²) in [6, 6.07) is 4.97. The van der Waals surface area contributed by atoms with Gasteiger partial charge < -0.3 is 14.0 Å². The van der Waals surface area contributed by atoms with Crippen molar-refractivity contribution in [2.45, 2.75) is 51.9 Å². The van der Waals surface area contributed by atoms with Gasteiger partial charge in [-0.25, -0.2) is 0 Å². The number of esters is 1. The summed E-state index contributed by atoms with van der Waals surface area (Å²) >= 11 is 0. The van der Waals surface area contributed by atoms with Crippen molar-refractivity contribution in [2.75, 3.05) is 6.61 Å². The molecule has 1 aromatic rings. The van der Waals surface area contributed by atoms with Crippen molar-refractivity contribution in [3.63, 3.8) is 0 Å². The number of pyridine rings is 1. The highest BCUT2D eigenvalue weighted by Gasteiger charge is 2.60. The number of aromatic nitrogens is 1. The van der Waals surface area contributed by atoms with Crippen LogP contribution in [0.5, 0.6) is 0 Å². The van der Waals surface area contributed by atoms with Gasteiger partial charge in [-0.15, -0.1) is 0 Å². The Bertz CT molecular complexity index is 607. The monoisotopic (exact) mass is 305 g/mol. The number of rotatable bonds is 4. The lowest BCUT2D eigenvalue weighted by molar-refractivity contribution is -0.254. The van der Waals surface area contributed by atoms with Crippen LogP contribution in [0.1, 0.15) is 33.1 Å². The highest BCUT2D eigenvalue weighted by molar-refractivity contribution is 5.69. The van der Waals surface area contributed by atoms with Crippen molar-refractivity contribution in [1.29, 1.82) is 0 Å². The van der Waals surface area contributed by atoms with E-state index in [-0.39, 0.29) is 35.6 Å². The van der Waals surface area contributed by atoms with Crippen LogP contribution in [0.25, 0.3) is 0 Å². The first-order valence-corrected chi connectivity index (χ1v) is 7.96. The zero-order valence-corrected chi connectivity index (χ0v) is 13.2. The molecule has 0 bridgehead atoms. The predicted octanol–water partition coefficient (Wildman–Crippen LogP) is 1.99. The first-order valence-electron chi connectivity index (χ1n) is 7.96. The van der Waals surface area contributed by atoms with Crippen molar-refractivity contribution in [3.05, 3.63) is 34.7 Å². The van der Waals surface area contributed by atoms with Crippen LogP contribution in [0.2, 0.25) is 0 Å². The topological polar surface area (TPSA) is 57.5 Å². The van der Waals surface area contributed by atoms with Crippen LogP contribution in [0, 0.1) is 11.3 Å². The van der Waals surface area contributed by atoms with E-state index in [4.69, 9.17) is 9.47 Å². The Kier molecular flexibility index (Phi) is 4.08. The van der Waals surface area contributed by atoms with E-state index in [1.54, 1.807) is 18.3 Å². The fraction of sp³-hybridized carbons (Fsp3) is 0.647. The summed E-state index contributed by atoms with van der Waals surface area (Å²) < 4.78 is 13.0. The average Bonchev–Trinajstić information content (AvgIpc) is 2.52. The number of hydrogen-bond donors (Lipinski definition) is 0. The van der Waals surface area contributed by atoms with Gasteiger partial charge in [-0.1, -0.05) is 19.9 Å². The molecule has 1 aliphatic heterocycles. The molecule has 5 heteroatoms. The molecule has 0 amide bonds. The number of nitrogens with zero attached hydrogens (tertiary/aromatic N) is 1. The van der Waals surface area contributed by atoms with Gasteiger partial charge >= 0.3 is 5.97 Å².